The fraction of sp³-hybridized carbons (Fsp3) is 1.00. The molecule has 0 aliphatic heterocycles. The summed E-state index contributed by atoms with van der Waals surface area (Å²) in [6.45, 7) is 0. The molecule has 0 spiro atoms. The molecule has 8 heavy (non-hydrogen) atoms. The van der Waals surface area contributed by atoms with E-state index in [0.29, 0.717) is 0 Å². The maximum absolute atomic E-state index is 8.63. The molecular formula is CH5NaO5S. The summed E-state index contributed by atoms with van der Waals surface area (Å²) in [4.78, 5) is 0. The fourth-order valence-corrected chi connectivity index (χ4v) is 0. The minimum atomic E-state index is -4.92. The van der Waals surface area contributed by atoms with Gasteiger partial charge in [-0.05, 0) is 0 Å². The molecular weight excluding hydrogens is 147 g/mol. The summed E-state index contributed by atoms with van der Waals surface area (Å²) < 4.78 is 32.8. The van der Waals surface area contributed by atoms with Gasteiger partial charge in [-0.15, -0.1) is 0 Å². The first-order valence-corrected chi connectivity index (χ1v) is 2.49. The summed E-state index contributed by atoms with van der Waals surface area (Å²) in [6, 6.07) is 0. The number of rotatable bonds is 0. The third-order valence-corrected chi connectivity index (χ3v) is 0. The number of aliphatic hydroxyl groups is 1. The topological polar surface area (TPSA) is 97.7 Å². The largest absolute Gasteiger partial charge is 1.00 e. The Bertz CT molecular complexity index is 95.6. The van der Waals surface area contributed by atoms with Crippen LogP contribution in [-0.4, -0.2) is 29.7 Å². The predicted molar refractivity (Wildman–Crippen MR) is 20.5 cm³/mol. The maximum Gasteiger partial charge on any atom is 1.00 e. The molecule has 0 radical (unpaired) electrons. The third-order valence-electron chi connectivity index (χ3n) is 0. The van der Waals surface area contributed by atoms with Crippen molar-refractivity contribution in [3.63, 3.8) is 0 Å². The van der Waals surface area contributed by atoms with Crippen LogP contribution < -0.4 is 29.6 Å². The molecule has 0 unspecified atom stereocenters. The molecule has 7 heteroatoms. The molecule has 0 rings (SSSR count). The molecule has 0 aliphatic rings. The molecule has 0 aliphatic carbocycles. The van der Waals surface area contributed by atoms with Crippen LogP contribution in [0.15, 0.2) is 0 Å². The van der Waals surface area contributed by atoms with Crippen LogP contribution in [0.4, 0.5) is 0 Å². The zero-order chi connectivity index (χ0) is 6.50. The zero-order valence-corrected chi connectivity index (χ0v) is 7.34. The first-order valence-electron chi connectivity index (χ1n) is 1.13. The molecule has 0 bridgehead atoms. The molecule has 0 saturated carbocycles. The van der Waals surface area contributed by atoms with E-state index in [9.17, 15) is 0 Å². The Balaban J connectivity index is -0.0000000750. The maximum atomic E-state index is 8.63. The van der Waals surface area contributed by atoms with Crippen LogP contribution in [0.25, 0.3) is 0 Å². The molecule has 5 nitrogen and oxygen atoms in total. The van der Waals surface area contributed by atoms with E-state index >= 15 is 0 Å². The fourth-order valence-electron chi connectivity index (χ4n) is 0. The van der Waals surface area contributed by atoms with Gasteiger partial charge in [0.25, 0.3) is 0 Å². The Morgan fingerprint density at radius 2 is 1.38 bits per heavy atom. The van der Waals surface area contributed by atoms with E-state index in [1.54, 1.807) is 0 Å². The third kappa shape index (κ3) is 337. The average Bonchev–Trinajstić information content (AvgIpc) is 1.36. The number of aliphatic hydroxyl groups excluding tert-OH is 1. The van der Waals surface area contributed by atoms with Crippen molar-refractivity contribution >= 4 is 10.4 Å². The van der Waals surface area contributed by atoms with E-state index in [0.717, 1.165) is 7.11 Å². The van der Waals surface area contributed by atoms with Crippen LogP contribution >= 0.6 is 0 Å². The summed E-state index contributed by atoms with van der Waals surface area (Å²) in [6.07, 6.45) is 0. The van der Waals surface area contributed by atoms with Gasteiger partial charge in [0.1, 0.15) is 0 Å². The Morgan fingerprint density at radius 1 is 1.38 bits per heavy atom. The molecule has 0 amide bonds. The quantitative estimate of drug-likeness (QED) is 0.207. The summed E-state index contributed by atoms with van der Waals surface area (Å²) >= 11 is 0. The van der Waals surface area contributed by atoms with E-state index in [4.69, 9.17) is 22.6 Å². The van der Waals surface area contributed by atoms with Crippen LogP contribution in [-0.2, 0) is 10.4 Å². The van der Waals surface area contributed by atoms with Crippen molar-refractivity contribution in [2.24, 2.45) is 0 Å². The van der Waals surface area contributed by atoms with Gasteiger partial charge in [-0.25, -0.2) is 8.42 Å². The van der Waals surface area contributed by atoms with Gasteiger partial charge < -0.3 is 9.66 Å². The van der Waals surface area contributed by atoms with Crippen molar-refractivity contribution in [3.8, 4) is 0 Å². The molecule has 0 atom stereocenters. The SMILES string of the molecule is CO.O=S(=O)([O-])O.[Na+]. The Kier molecular flexibility index (Phi) is 15.6. The number of hydrogen-bond acceptors (Lipinski definition) is 4. The molecule has 46 valence electrons. The van der Waals surface area contributed by atoms with Crippen molar-refractivity contribution in [1.82, 2.24) is 0 Å². The van der Waals surface area contributed by atoms with Gasteiger partial charge in [0.2, 0.25) is 10.4 Å². The standard InChI is InChI=1S/CH4O.Na.H2O4S/c1-2;;1-5(2,3)4/h2H,1H3;;(H2,1,2,3,4)/q;+1;/p-1. The molecule has 0 fully saturated rings. The van der Waals surface area contributed by atoms with E-state index < -0.39 is 10.4 Å². The first-order chi connectivity index (χ1) is 3.00. The second-order valence-corrected chi connectivity index (χ2v) is 1.28. The van der Waals surface area contributed by atoms with Gasteiger partial charge in [0.15, 0.2) is 0 Å². The van der Waals surface area contributed by atoms with Crippen molar-refractivity contribution in [1.29, 1.82) is 0 Å². The molecule has 0 aromatic rings. The first kappa shape index (κ1) is 15.9. The van der Waals surface area contributed by atoms with Crippen LogP contribution in [0, 0.1) is 0 Å². The summed E-state index contributed by atoms with van der Waals surface area (Å²) in [5.74, 6) is 0. The Labute approximate surface area is 69.6 Å². The van der Waals surface area contributed by atoms with E-state index in [1.165, 1.54) is 0 Å². The van der Waals surface area contributed by atoms with E-state index in [1.807, 2.05) is 0 Å². The van der Waals surface area contributed by atoms with Crippen molar-refractivity contribution < 1.29 is 52.2 Å². The molecule has 0 aromatic carbocycles. The van der Waals surface area contributed by atoms with E-state index in [2.05, 4.69) is 0 Å². The van der Waals surface area contributed by atoms with E-state index in [-0.39, 0.29) is 29.6 Å². The molecule has 2 N–H and O–H groups in total. The smallest absolute Gasteiger partial charge is 0.726 e. The van der Waals surface area contributed by atoms with Gasteiger partial charge in [-0.3, -0.25) is 4.55 Å². The normalized spacial score (nSPS) is 8.00. The molecule has 0 saturated heterocycles. The van der Waals surface area contributed by atoms with Gasteiger partial charge in [0, 0.05) is 7.11 Å². The van der Waals surface area contributed by atoms with Crippen molar-refractivity contribution in [3.05, 3.63) is 0 Å². The van der Waals surface area contributed by atoms with Gasteiger partial charge >= 0.3 is 29.6 Å². The van der Waals surface area contributed by atoms with Crippen LogP contribution in [0.2, 0.25) is 0 Å². The summed E-state index contributed by atoms with van der Waals surface area (Å²) in [5, 5.41) is 7.00. The second-order valence-electron chi connectivity index (χ2n) is 0.428. The van der Waals surface area contributed by atoms with Gasteiger partial charge in [-0.1, -0.05) is 0 Å². The van der Waals surface area contributed by atoms with Crippen LogP contribution in [0.1, 0.15) is 0 Å². The van der Waals surface area contributed by atoms with Gasteiger partial charge in [-0.2, -0.15) is 0 Å². The summed E-state index contributed by atoms with van der Waals surface area (Å²) in [5.41, 5.74) is 0. The predicted octanol–water partition coefficient (Wildman–Crippen LogP) is -4.38. The van der Waals surface area contributed by atoms with Crippen molar-refractivity contribution in [2.75, 3.05) is 7.11 Å². The summed E-state index contributed by atoms with van der Waals surface area (Å²) in [7, 11) is -3.92. The number of hydrogen-bond donors (Lipinski definition) is 2. The second kappa shape index (κ2) is 7.83. The van der Waals surface area contributed by atoms with Crippen LogP contribution in [0.5, 0.6) is 0 Å². The Hall–Kier alpha value is 0.830. The van der Waals surface area contributed by atoms with Gasteiger partial charge in [0.05, 0.1) is 0 Å². The molecule has 0 heterocycles. The Morgan fingerprint density at radius 3 is 1.38 bits per heavy atom. The minimum absolute atomic E-state index is 0. The molecule has 0 aromatic heterocycles. The zero-order valence-electron chi connectivity index (χ0n) is 4.53. The van der Waals surface area contributed by atoms with Crippen molar-refractivity contribution in [2.45, 2.75) is 0 Å². The van der Waals surface area contributed by atoms with Crippen LogP contribution in [0.3, 0.4) is 0 Å². The average molecular weight is 152 g/mol. The monoisotopic (exact) mass is 152 g/mol. The minimum Gasteiger partial charge on any atom is -0.726 e.